The van der Waals surface area contributed by atoms with Crippen molar-refractivity contribution >= 4 is 17.3 Å². The van der Waals surface area contributed by atoms with Gasteiger partial charge >= 0.3 is 0 Å². The number of amides is 1. The summed E-state index contributed by atoms with van der Waals surface area (Å²) in [6.07, 6.45) is 10.4. The number of pyridine rings is 1. The molecule has 0 saturated carbocycles. The topological polar surface area (TPSA) is 57.7 Å². The van der Waals surface area contributed by atoms with Gasteiger partial charge in [-0.2, -0.15) is 0 Å². The van der Waals surface area contributed by atoms with Gasteiger partial charge in [-0.3, -0.25) is 9.69 Å². The van der Waals surface area contributed by atoms with Crippen molar-refractivity contribution in [1.29, 1.82) is 0 Å². The van der Waals surface area contributed by atoms with Crippen LogP contribution in [0.1, 0.15) is 48.8 Å². The molecule has 1 fully saturated rings. The van der Waals surface area contributed by atoms with Gasteiger partial charge in [-0.25, -0.2) is 4.98 Å². The van der Waals surface area contributed by atoms with E-state index in [0.717, 1.165) is 63.2 Å². The number of carbonyl (C=O) groups is 1. The van der Waals surface area contributed by atoms with Crippen molar-refractivity contribution in [3.8, 4) is 5.88 Å². The van der Waals surface area contributed by atoms with Gasteiger partial charge in [-0.15, -0.1) is 0 Å². The molecular formula is C26H34N4O2. The number of aromatic nitrogens is 1. The molecule has 1 aliphatic carbocycles. The van der Waals surface area contributed by atoms with E-state index in [1.54, 1.807) is 11.1 Å². The van der Waals surface area contributed by atoms with Crippen molar-refractivity contribution in [3.63, 3.8) is 0 Å². The molecule has 1 amide bonds. The lowest BCUT2D eigenvalue weighted by Crippen LogP contribution is -2.47. The highest BCUT2D eigenvalue weighted by atomic mass is 16.5. The van der Waals surface area contributed by atoms with Crippen molar-refractivity contribution in [2.24, 2.45) is 0 Å². The van der Waals surface area contributed by atoms with E-state index >= 15 is 0 Å². The second-order valence-corrected chi connectivity index (χ2v) is 9.23. The maximum Gasteiger partial charge on any atom is 0.224 e. The van der Waals surface area contributed by atoms with E-state index in [-0.39, 0.29) is 5.91 Å². The molecule has 32 heavy (non-hydrogen) atoms. The summed E-state index contributed by atoms with van der Waals surface area (Å²) in [5.41, 5.74) is 6.62. The number of hydrogen-bond acceptors (Lipinski definition) is 5. The number of aryl methyl sites for hydroxylation is 2. The predicted octanol–water partition coefficient (Wildman–Crippen LogP) is 3.83. The van der Waals surface area contributed by atoms with Crippen LogP contribution in [0.25, 0.3) is 0 Å². The van der Waals surface area contributed by atoms with Crippen LogP contribution in [-0.2, 0) is 24.1 Å². The first-order valence-electron chi connectivity index (χ1n) is 12.3. The second kappa shape index (κ2) is 9.90. The quantitative estimate of drug-likeness (QED) is 0.672. The van der Waals surface area contributed by atoms with Crippen LogP contribution in [-0.4, -0.2) is 55.1 Å². The Bertz CT molecular complexity index is 953. The molecule has 5 rings (SSSR count). The minimum Gasteiger partial charge on any atom is -0.478 e. The number of fused-ring (bicyclic) bond motifs is 2. The SMILES string of the molecule is O=C1CCc2cnc(OCCCCN3CCN(c4cccc5c4CCCC5)CC3)cc2N1. The van der Waals surface area contributed by atoms with Gasteiger partial charge in [0, 0.05) is 50.6 Å². The van der Waals surface area contributed by atoms with E-state index < -0.39 is 0 Å². The van der Waals surface area contributed by atoms with Crippen LogP contribution in [0.5, 0.6) is 5.88 Å². The summed E-state index contributed by atoms with van der Waals surface area (Å²) >= 11 is 0. The van der Waals surface area contributed by atoms with Crippen LogP contribution in [0.15, 0.2) is 30.5 Å². The summed E-state index contributed by atoms with van der Waals surface area (Å²) < 4.78 is 5.84. The van der Waals surface area contributed by atoms with Crippen molar-refractivity contribution in [1.82, 2.24) is 9.88 Å². The molecule has 0 atom stereocenters. The number of nitrogens with one attached hydrogen (secondary N) is 1. The maximum absolute atomic E-state index is 11.6. The normalized spacial score (nSPS) is 18.6. The van der Waals surface area contributed by atoms with Gasteiger partial charge in [0.1, 0.15) is 0 Å². The smallest absolute Gasteiger partial charge is 0.224 e. The molecule has 170 valence electrons. The predicted molar refractivity (Wildman–Crippen MR) is 128 cm³/mol. The molecule has 0 bridgehead atoms. The van der Waals surface area contributed by atoms with Crippen LogP contribution in [0.2, 0.25) is 0 Å². The lowest BCUT2D eigenvalue weighted by molar-refractivity contribution is -0.116. The summed E-state index contributed by atoms with van der Waals surface area (Å²) in [6.45, 7) is 6.30. The Morgan fingerprint density at radius 1 is 0.969 bits per heavy atom. The van der Waals surface area contributed by atoms with Gasteiger partial charge in [-0.1, -0.05) is 12.1 Å². The highest BCUT2D eigenvalue weighted by Crippen LogP contribution is 2.31. The zero-order valence-corrected chi connectivity index (χ0v) is 18.9. The minimum atomic E-state index is 0.0712. The molecule has 1 aromatic heterocycles. The van der Waals surface area contributed by atoms with Crippen molar-refractivity contribution in [2.45, 2.75) is 51.4 Å². The third-order valence-corrected chi connectivity index (χ3v) is 7.06. The Kier molecular flexibility index (Phi) is 6.58. The monoisotopic (exact) mass is 434 g/mol. The van der Waals surface area contributed by atoms with Crippen molar-refractivity contribution in [3.05, 3.63) is 47.2 Å². The number of benzene rings is 1. The second-order valence-electron chi connectivity index (χ2n) is 9.23. The van der Waals surface area contributed by atoms with Gasteiger partial charge in [0.2, 0.25) is 11.8 Å². The summed E-state index contributed by atoms with van der Waals surface area (Å²) in [4.78, 5) is 21.1. The van der Waals surface area contributed by atoms with Gasteiger partial charge in [0.15, 0.2) is 0 Å². The zero-order valence-electron chi connectivity index (χ0n) is 18.9. The molecule has 0 spiro atoms. The molecule has 1 N–H and O–H groups in total. The molecule has 1 saturated heterocycles. The number of rotatable bonds is 7. The van der Waals surface area contributed by atoms with Crippen LogP contribution < -0.4 is 15.0 Å². The zero-order chi connectivity index (χ0) is 21.8. The Morgan fingerprint density at radius 2 is 1.84 bits per heavy atom. The summed E-state index contributed by atoms with van der Waals surface area (Å²) in [6, 6.07) is 8.76. The Labute approximate surface area is 191 Å². The maximum atomic E-state index is 11.6. The molecular weight excluding hydrogens is 400 g/mol. The first-order valence-corrected chi connectivity index (χ1v) is 12.3. The largest absolute Gasteiger partial charge is 0.478 e. The highest BCUT2D eigenvalue weighted by molar-refractivity contribution is 5.93. The first kappa shape index (κ1) is 21.3. The Morgan fingerprint density at radius 3 is 2.75 bits per heavy atom. The lowest BCUT2D eigenvalue weighted by Gasteiger charge is -2.38. The molecule has 0 radical (unpaired) electrons. The van der Waals surface area contributed by atoms with Crippen LogP contribution in [0.4, 0.5) is 11.4 Å². The van der Waals surface area contributed by atoms with Gasteiger partial charge < -0.3 is 15.0 Å². The summed E-state index contributed by atoms with van der Waals surface area (Å²) in [5, 5.41) is 2.91. The molecule has 6 nitrogen and oxygen atoms in total. The number of anilines is 2. The van der Waals surface area contributed by atoms with Crippen molar-refractivity contribution < 1.29 is 9.53 Å². The fraction of sp³-hybridized carbons (Fsp3) is 0.538. The van der Waals surface area contributed by atoms with Crippen molar-refractivity contribution in [2.75, 3.05) is 49.5 Å². The van der Waals surface area contributed by atoms with Crippen LogP contribution >= 0.6 is 0 Å². The van der Waals surface area contributed by atoms with E-state index in [0.29, 0.717) is 18.9 Å². The van der Waals surface area contributed by atoms with E-state index in [1.165, 1.54) is 31.4 Å². The summed E-state index contributed by atoms with van der Waals surface area (Å²) in [7, 11) is 0. The van der Waals surface area contributed by atoms with E-state index in [2.05, 4.69) is 38.3 Å². The number of hydrogen-bond donors (Lipinski definition) is 1. The average Bonchev–Trinajstić information content (AvgIpc) is 2.83. The van der Waals surface area contributed by atoms with Gasteiger partial charge in [0.05, 0.1) is 12.3 Å². The third kappa shape index (κ3) is 4.90. The molecule has 2 aromatic rings. The van der Waals surface area contributed by atoms with Gasteiger partial charge in [0.25, 0.3) is 0 Å². The third-order valence-electron chi connectivity index (χ3n) is 7.06. The van der Waals surface area contributed by atoms with Crippen LogP contribution in [0.3, 0.4) is 0 Å². The van der Waals surface area contributed by atoms with Gasteiger partial charge in [-0.05, 0) is 74.2 Å². The lowest BCUT2D eigenvalue weighted by atomic mass is 9.90. The molecule has 0 unspecified atom stereocenters. The molecule has 3 aliphatic rings. The number of ether oxygens (including phenoxy) is 1. The summed E-state index contributed by atoms with van der Waals surface area (Å²) in [5.74, 6) is 0.674. The number of carbonyl (C=O) groups excluding carboxylic acids is 1. The molecule has 2 aliphatic heterocycles. The Hall–Kier alpha value is -2.60. The first-order chi connectivity index (χ1) is 15.8. The molecule has 6 heteroatoms. The van der Waals surface area contributed by atoms with E-state index in [1.807, 2.05) is 12.3 Å². The Balaban J connectivity index is 1.03. The number of nitrogens with zero attached hydrogens (tertiary/aromatic N) is 3. The standard InChI is InChI=1S/C26H34N4O2/c31-25-11-10-21-19-27-26(18-23(21)28-25)32-17-4-3-12-29-13-15-30(16-14-29)24-9-5-7-20-6-1-2-8-22(20)24/h5,7,9,18-19H,1-4,6,8,10-17H2,(H,28,31). The fourth-order valence-corrected chi connectivity index (χ4v) is 5.20. The van der Waals surface area contributed by atoms with E-state index in [4.69, 9.17) is 4.74 Å². The van der Waals surface area contributed by atoms with E-state index in [9.17, 15) is 4.79 Å². The minimum absolute atomic E-state index is 0.0712. The molecule has 1 aromatic carbocycles. The fourth-order valence-electron chi connectivity index (χ4n) is 5.20. The molecule has 3 heterocycles. The highest BCUT2D eigenvalue weighted by Gasteiger charge is 2.21. The van der Waals surface area contributed by atoms with Crippen LogP contribution in [0, 0.1) is 0 Å². The number of unbranched alkanes of at least 4 members (excludes halogenated alkanes) is 1. The average molecular weight is 435 g/mol. The number of piperazine rings is 1.